The Kier molecular flexibility index (Phi) is 6.44. The Balaban J connectivity index is 1.57. The number of aromatic nitrogens is 2. The molecule has 0 saturated carbocycles. The van der Waals surface area contributed by atoms with Crippen LogP contribution in [0, 0.1) is 4.91 Å². The summed E-state index contributed by atoms with van der Waals surface area (Å²) in [5.74, 6) is 0.591. The summed E-state index contributed by atoms with van der Waals surface area (Å²) < 4.78 is 11.4. The highest BCUT2D eigenvalue weighted by Crippen LogP contribution is 2.21. The van der Waals surface area contributed by atoms with Crippen LogP contribution in [0.2, 0.25) is 0 Å². The van der Waals surface area contributed by atoms with E-state index in [9.17, 15) is 4.91 Å². The number of fused-ring (bicyclic) bond motifs is 1. The third-order valence-corrected chi connectivity index (χ3v) is 4.21. The van der Waals surface area contributed by atoms with Crippen molar-refractivity contribution in [3.8, 4) is 5.88 Å². The number of hydrogen-bond donors (Lipinski definition) is 0. The van der Waals surface area contributed by atoms with Crippen molar-refractivity contribution in [1.29, 1.82) is 0 Å². The van der Waals surface area contributed by atoms with Crippen LogP contribution in [0.15, 0.2) is 60.0 Å². The first-order valence-electron chi connectivity index (χ1n) is 9.03. The molecule has 1 heterocycles. The number of para-hydroxylation sites is 1. The van der Waals surface area contributed by atoms with Gasteiger partial charge in [0.05, 0.1) is 30.2 Å². The molecule has 0 radical (unpaired) electrons. The number of benzene rings is 2. The maximum atomic E-state index is 11.1. The Morgan fingerprint density at radius 2 is 1.81 bits per heavy atom. The molecule has 1 atom stereocenters. The molecule has 3 rings (SSSR count). The molecule has 0 bridgehead atoms. The van der Waals surface area contributed by atoms with Gasteiger partial charge in [0.1, 0.15) is 12.4 Å². The Bertz CT molecular complexity index is 876. The maximum absolute atomic E-state index is 11.1. The minimum absolute atomic E-state index is 0.0727. The number of ether oxygens (including phenoxy) is 2. The van der Waals surface area contributed by atoms with Gasteiger partial charge in [0.2, 0.25) is 5.88 Å². The first-order chi connectivity index (χ1) is 13.2. The van der Waals surface area contributed by atoms with Crippen molar-refractivity contribution in [3.63, 3.8) is 0 Å². The van der Waals surface area contributed by atoms with Crippen LogP contribution in [0.4, 0.5) is 0 Å². The van der Waals surface area contributed by atoms with Crippen molar-refractivity contribution in [2.45, 2.75) is 32.4 Å². The van der Waals surface area contributed by atoms with E-state index in [0.717, 1.165) is 28.5 Å². The van der Waals surface area contributed by atoms with E-state index in [4.69, 9.17) is 9.47 Å². The van der Waals surface area contributed by atoms with Crippen LogP contribution in [0.5, 0.6) is 5.88 Å². The summed E-state index contributed by atoms with van der Waals surface area (Å²) in [6, 6.07) is 15.1. The quantitative estimate of drug-likeness (QED) is 0.523. The SMILES string of the molecule is CC(C)OCC(N=O)c1ccc(CCOc2ncnc3ccccc23)cc1. The van der Waals surface area contributed by atoms with Crippen molar-refractivity contribution >= 4 is 10.9 Å². The highest BCUT2D eigenvalue weighted by molar-refractivity contribution is 5.82. The minimum Gasteiger partial charge on any atom is -0.477 e. The van der Waals surface area contributed by atoms with Crippen molar-refractivity contribution in [3.05, 3.63) is 70.9 Å². The van der Waals surface area contributed by atoms with Crippen LogP contribution < -0.4 is 4.74 Å². The van der Waals surface area contributed by atoms with Crippen LogP contribution in [0.1, 0.15) is 31.0 Å². The van der Waals surface area contributed by atoms with Gasteiger partial charge in [-0.1, -0.05) is 41.6 Å². The Labute approximate surface area is 158 Å². The van der Waals surface area contributed by atoms with Gasteiger partial charge in [0.25, 0.3) is 0 Å². The number of hydrogen-bond acceptors (Lipinski definition) is 6. The minimum atomic E-state index is -0.481. The topological polar surface area (TPSA) is 73.7 Å². The molecule has 1 unspecified atom stereocenters. The lowest BCUT2D eigenvalue weighted by molar-refractivity contribution is 0.0684. The zero-order valence-electron chi connectivity index (χ0n) is 15.5. The first kappa shape index (κ1) is 18.9. The molecule has 0 aliphatic heterocycles. The molecule has 0 saturated heterocycles. The van der Waals surface area contributed by atoms with Gasteiger partial charge in [-0.05, 0) is 37.1 Å². The van der Waals surface area contributed by atoms with Gasteiger partial charge in [0.15, 0.2) is 0 Å². The number of nitrogens with zero attached hydrogens (tertiary/aromatic N) is 3. The summed E-state index contributed by atoms with van der Waals surface area (Å²) in [4.78, 5) is 19.5. The molecule has 0 aliphatic carbocycles. The molecular weight excluding hydrogens is 342 g/mol. The van der Waals surface area contributed by atoms with Crippen molar-refractivity contribution in [1.82, 2.24) is 9.97 Å². The highest BCUT2D eigenvalue weighted by atomic mass is 16.5. The molecule has 3 aromatic rings. The van der Waals surface area contributed by atoms with E-state index in [0.29, 0.717) is 19.1 Å². The Morgan fingerprint density at radius 1 is 1.04 bits per heavy atom. The van der Waals surface area contributed by atoms with Gasteiger partial charge in [-0.2, -0.15) is 4.91 Å². The highest BCUT2D eigenvalue weighted by Gasteiger charge is 2.13. The van der Waals surface area contributed by atoms with E-state index in [-0.39, 0.29) is 6.10 Å². The molecule has 2 aromatic carbocycles. The third kappa shape index (κ3) is 5.08. The van der Waals surface area contributed by atoms with Gasteiger partial charge in [-0.15, -0.1) is 0 Å². The van der Waals surface area contributed by atoms with Gasteiger partial charge in [0, 0.05) is 6.42 Å². The van der Waals surface area contributed by atoms with Crippen LogP contribution in [-0.2, 0) is 11.2 Å². The van der Waals surface area contributed by atoms with Crippen LogP contribution in [0.3, 0.4) is 0 Å². The van der Waals surface area contributed by atoms with Gasteiger partial charge < -0.3 is 9.47 Å². The summed E-state index contributed by atoms with van der Waals surface area (Å²) in [5, 5.41) is 4.08. The first-order valence-corrected chi connectivity index (χ1v) is 9.03. The Hall–Kier alpha value is -2.86. The van der Waals surface area contributed by atoms with Crippen molar-refractivity contribution in [2.24, 2.45) is 5.18 Å². The predicted octanol–water partition coefficient (Wildman–Crippen LogP) is 4.48. The Morgan fingerprint density at radius 3 is 2.56 bits per heavy atom. The van der Waals surface area contributed by atoms with Crippen molar-refractivity contribution < 1.29 is 9.47 Å². The van der Waals surface area contributed by atoms with Gasteiger partial charge in [-0.25, -0.2) is 9.97 Å². The molecule has 0 fully saturated rings. The standard InChI is InChI=1S/C21H23N3O3/c1-15(2)27-13-20(24-25)17-9-7-16(8-10-17)11-12-26-21-18-5-3-4-6-19(18)22-14-23-21/h3-10,14-15,20H,11-13H2,1-2H3. The molecule has 6 heteroatoms. The monoisotopic (exact) mass is 365 g/mol. The molecule has 0 aliphatic rings. The van der Waals surface area contributed by atoms with E-state index in [2.05, 4.69) is 15.1 Å². The average Bonchev–Trinajstić information content (AvgIpc) is 2.69. The smallest absolute Gasteiger partial charge is 0.224 e. The lowest BCUT2D eigenvalue weighted by atomic mass is 10.0. The second-order valence-corrected chi connectivity index (χ2v) is 6.54. The second-order valence-electron chi connectivity index (χ2n) is 6.54. The zero-order chi connectivity index (χ0) is 19.1. The summed E-state index contributed by atoms with van der Waals surface area (Å²) in [6.07, 6.45) is 2.32. The molecule has 0 amide bonds. The summed E-state index contributed by atoms with van der Waals surface area (Å²) in [7, 11) is 0. The summed E-state index contributed by atoms with van der Waals surface area (Å²) in [6.45, 7) is 4.67. The van der Waals surface area contributed by atoms with Crippen LogP contribution >= 0.6 is 0 Å². The van der Waals surface area contributed by atoms with E-state index >= 15 is 0 Å². The van der Waals surface area contributed by atoms with E-state index in [1.165, 1.54) is 6.33 Å². The van der Waals surface area contributed by atoms with Crippen LogP contribution in [-0.4, -0.2) is 29.3 Å². The second kappa shape index (κ2) is 9.19. The molecule has 27 heavy (non-hydrogen) atoms. The lowest BCUT2D eigenvalue weighted by Gasteiger charge is -2.13. The largest absolute Gasteiger partial charge is 0.477 e. The maximum Gasteiger partial charge on any atom is 0.224 e. The molecular formula is C21H23N3O3. The summed E-state index contributed by atoms with van der Waals surface area (Å²) >= 11 is 0. The fourth-order valence-corrected chi connectivity index (χ4v) is 2.74. The van der Waals surface area contributed by atoms with Crippen LogP contribution in [0.25, 0.3) is 10.9 Å². The number of rotatable bonds is 9. The molecule has 140 valence electrons. The zero-order valence-corrected chi connectivity index (χ0v) is 15.5. The van der Waals surface area contributed by atoms with E-state index in [1.807, 2.05) is 62.4 Å². The molecule has 1 aromatic heterocycles. The fourth-order valence-electron chi connectivity index (χ4n) is 2.74. The number of nitroso groups, excluding NO2 is 1. The molecule has 0 N–H and O–H groups in total. The van der Waals surface area contributed by atoms with E-state index < -0.39 is 6.04 Å². The third-order valence-electron chi connectivity index (χ3n) is 4.21. The average molecular weight is 365 g/mol. The predicted molar refractivity (Wildman–Crippen MR) is 105 cm³/mol. The van der Waals surface area contributed by atoms with Gasteiger partial charge >= 0.3 is 0 Å². The van der Waals surface area contributed by atoms with Gasteiger partial charge in [-0.3, -0.25) is 0 Å². The summed E-state index contributed by atoms with van der Waals surface area (Å²) in [5.41, 5.74) is 2.84. The molecule has 0 spiro atoms. The lowest BCUT2D eigenvalue weighted by Crippen LogP contribution is -2.10. The van der Waals surface area contributed by atoms with E-state index in [1.54, 1.807) is 0 Å². The van der Waals surface area contributed by atoms with Crippen molar-refractivity contribution in [2.75, 3.05) is 13.2 Å². The molecule has 6 nitrogen and oxygen atoms in total. The fraction of sp³-hybridized carbons (Fsp3) is 0.333. The normalized spacial score (nSPS) is 12.3.